The number of hydrogen-bond acceptors (Lipinski definition) is 3. The summed E-state index contributed by atoms with van der Waals surface area (Å²) in [6.45, 7) is -0.961. The van der Waals surface area contributed by atoms with Gasteiger partial charge in [-0.15, -0.1) is 0 Å². The lowest BCUT2D eigenvalue weighted by molar-refractivity contribution is -0.160. The molecule has 0 radical (unpaired) electrons. The van der Waals surface area contributed by atoms with E-state index in [0.717, 1.165) is 6.42 Å². The van der Waals surface area contributed by atoms with Crippen LogP contribution in [0.3, 0.4) is 0 Å². The Morgan fingerprint density at radius 3 is 2.77 bits per heavy atom. The van der Waals surface area contributed by atoms with Crippen LogP contribution in [-0.4, -0.2) is 31.3 Å². The van der Waals surface area contributed by atoms with Crippen molar-refractivity contribution in [2.24, 2.45) is 0 Å². The van der Waals surface area contributed by atoms with E-state index >= 15 is 0 Å². The highest BCUT2D eigenvalue weighted by molar-refractivity contribution is 5.95. The number of anilines is 1. The first kappa shape index (κ1) is 16.1. The van der Waals surface area contributed by atoms with Gasteiger partial charge >= 0.3 is 12.3 Å². The van der Waals surface area contributed by atoms with Gasteiger partial charge in [0, 0.05) is 25.2 Å². The largest absolute Gasteiger partial charge is 0.440 e. The fourth-order valence-electron chi connectivity index (χ4n) is 2.13. The fraction of sp³-hybridized carbons (Fsp3) is 0.429. The third-order valence-corrected chi connectivity index (χ3v) is 3.10. The Balaban J connectivity index is 1.88. The van der Waals surface area contributed by atoms with Crippen molar-refractivity contribution in [2.45, 2.75) is 25.6 Å². The first-order valence-electron chi connectivity index (χ1n) is 6.72. The van der Waals surface area contributed by atoms with Crippen LogP contribution in [0.25, 0.3) is 0 Å². The first-order chi connectivity index (χ1) is 10.3. The van der Waals surface area contributed by atoms with Crippen LogP contribution in [0.1, 0.15) is 18.4 Å². The third kappa shape index (κ3) is 4.64. The molecule has 0 spiro atoms. The molecule has 2 rings (SSSR count). The van der Waals surface area contributed by atoms with Crippen molar-refractivity contribution in [1.29, 1.82) is 0 Å². The molecule has 0 atom stereocenters. The van der Waals surface area contributed by atoms with Gasteiger partial charge in [0.2, 0.25) is 5.91 Å². The Labute approximate surface area is 125 Å². The number of halogens is 3. The predicted molar refractivity (Wildman–Crippen MR) is 72.3 cm³/mol. The lowest BCUT2D eigenvalue weighted by Gasteiger charge is -2.16. The Kier molecular flexibility index (Phi) is 4.89. The van der Waals surface area contributed by atoms with Gasteiger partial charge in [-0.1, -0.05) is 12.1 Å². The molecule has 0 bridgehead atoms. The van der Waals surface area contributed by atoms with Crippen LogP contribution in [0.4, 0.5) is 23.7 Å². The highest BCUT2D eigenvalue weighted by Gasteiger charge is 2.29. The molecule has 1 aromatic rings. The number of carbonyl (C=O) groups is 2. The summed E-state index contributed by atoms with van der Waals surface area (Å²) in [4.78, 5) is 24.5. The van der Waals surface area contributed by atoms with E-state index in [2.05, 4.69) is 10.1 Å². The summed E-state index contributed by atoms with van der Waals surface area (Å²) in [5.74, 6) is 0.0368. The summed E-state index contributed by atoms with van der Waals surface area (Å²) >= 11 is 0. The van der Waals surface area contributed by atoms with Gasteiger partial charge in [0.25, 0.3) is 0 Å². The van der Waals surface area contributed by atoms with E-state index in [-0.39, 0.29) is 12.5 Å². The smallest absolute Gasteiger partial charge is 0.422 e. The van der Waals surface area contributed by atoms with E-state index in [1.54, 1.807) is 29.2 Å². The van der Waals surface area contributed by atoms with Gasteiger partial charge in [-0.05, 0) is 24.1 Å². The van der Waals surface area contributed by atoms with Crippen molar-refractivity contribution in [3.05, 3.63) is 29.8 Å². The number of rotatable bonds is 4. The summed E-state index contributed by atoms with van der Waals surface area (Å²) in [6.07, 6.45) is -4.38. The van der Waals surface area contributed by atoms with Gasteiger partial charge < -0.3 is 15.0 Å². The molecule has 22 heavy (non-hydrogen) atoms. The van der Waals surface area contributed by atoms with E-state index in [1.165, 1.54) is 0 Å². The summed E-state index contributed by atoms with van der Waals surface area (Å²) in [5, 5.41) is 2.24. The Bertz CT molecular complexity index is 561. The molecule has 120 valence electrons. The van der Waals surface area contributed by atoms with Gasteiger partial charge in [-0.3, -0.25) is 4.79 Å². The minimum absolute atomic E-state index is 0.0204. The van der Waals surface area contributed by atoms with Gasteiger partial charge in [-0.2, -0.15) is 13.2 Å². The number of alkyl halides is 3. The maximum atomic E-state index is 11.9. The Hall–Kier alpha value is -2.25. The summed E-state index contributed by atoms with van der Waals surface area (Å²) in [6, 6.07) is 6.91. The number of hydrogen-bond donors (Lipinski definition) is 1. The zero-order valence-electron chi connectivity index (χ0n) is 11.7. The van der Waals surface area contributed by atoms with E-state index in [4.69, 9.17) is 0 Å². The van der Waals surface area contributed by atoms with Crippen molar-refractivity contribution >= 4 is 17.7 Å². The molecular formula is C14H15F3N2O3. The maximum Gasteiger partial charge on any atom is 0.422 e. The summed E-state index contributed by atoms with van der Waals surface area (Å²) in [5.41, 5.74) is 1.38. The Morgan fingerprint density at radius 2 is 2.14 bits per heavy atom. The molecule has 0 unspecified atom stereocenters. The lowest BCUT2D eigenvalue weighted by Crippen LogP contribution is -2.29. The molecule has 2 amide bonds. The molecule has 0 aromatic heterocycles. The predicted octanol–water partition coefficient (Wildman–Crippen LogP) is 2.60. The molecular weight excluding hydrogens is 301 g/mol. The number of ether oxygens (including phenoxy) is 1. The average molecular weight is 316 g/mol. The van der Waals surface area contributed by atoms with Crippen LogP contribution >= 0.6 is 0 Å². The van der Waals surface area contributed by atoms with Crippen LogP contribution in [0.5, 0.6) is 0 Å². The molecule has 0 saturated carbocycles. The molecule has 1 fully saturated rings. The molecule has 0 aliphatic carbocycles. The molecule has 1 saturated heterocycles. The lowest BCUT2D eigenvalue weighted by atomic mass is 10.2. The normalized spacial score (nSPS) is 15.0. The quantitative estimate of drug-likeness (QED) is 0.929. The SMILES string of the molecule is O=C(NCc1cccc(N2CCCC2=O)c1)OCC(F)(F)F. The minimum Gasteiger partial charge on any atom is -0.440 e. The van der Waals surface area contributed by atoms with Crippen molar-refractivity contribution in [3.63, 3.8) is 0 Å². The highest BCUT2D eigenvalue weighted by Crippen LogP contribution is 2.22. The topological polar surface area (TPSA) is 58.6 Å². The van der Waals surface area contributed by atoms with Gasteiger partial charge in [-0.25, -0.2) is 4.79 Å². The number of alkyl carbamates (subject to hydrolysis) is 1. The van der Waals surface area contributed by atoms with Gasteiger partial charge in [0.15, 0.2) is 6.61 Å². The van der Waals surface area contributed by atoms with Gasteiger partial charge in [0.1, 0.15) is 0 Å². The zero-order valence-corrected chi connectivity index (χ0v) is 11.7. The third-order valence-electron chi connectivity index (χ3n) is 3.10. The molecule has 1 aliphatic rings. The van der Waals surface area contributed by atoms with Crippen LogP contribution < -0.4 is 10.2 Å². The first-order valence-corrected chi connectivity index (χ1v) is 6.72. The van der Waals surface area contributed by atoms with Crippen LogP contribution in [0.15, 0.2) is 24.3 Å². The molecule has 1 N–H and O–H groups in total. The highest BCUT2D eigenvalue weighted by atomic mass is 19.4. The van der Waals surface area contributed by atoms with Crippen molar-refractivity contribution < 1.29 is 27.5 Å². The molecule has 1 aliphatic heterocycles. The number of nitrogens with one attached hydrogen (secondary N) is 1. The summed E-state index contributed by atoms with van der Waals surface area (Å²) < 4.78 is 39.7. The molecule has 1 aromatic carbocycles. The summed E-state index contributed by atoms with van der Waals surface area (Å²) in [7, 11) is 0. The maximum absolute atomic E-state index is 11.9. The second-order valence-electron chi connectivity index (χ2n) is 4.86. The molecule has 5 nitrogen and oxygen atoms in total. The van der Waals surface area contributed by atoms with Crippen molar-refractivity contribution in [2.75, 3.05) is 18.1 Å². The average Bonchev–Trinajstić information content (AvgIpc) is 2.89. The van der Waals surface area contributed by atoms with Crippen LogP contribution in [-0.2, 0) is 16.1 Å². The fourth-order valence-corrected chi connectivity index (χ4v) is 2.13. The number of amides is 2. The number of carbonyl (C=O) groups excluding carboxylic acids is 2. The van der Waals surface area contributed by atoms with E-state index in [0.29, 0.717) is 24.2 Å². The van der Waals surface area contributed by atoms with E-state index < -0.39 is 18.9 Å². The van der Waals surface area contributed by atoms with Crippen molar-refractivity contribution in [3.8, 4) is 0 Å². The standard InChI is InChI=1S/C14H15F3N2O3/c15-14(16,17)9-22-13(21)18-8-10-3-1-4-11(7-10)19-6-2-5-12(19)20/h1,3-4,7H,2,5-6,8-9H2,(H,18,21). The van der Waals surface area contributed by atoms with Crippen LogP contribution in [0.2, 0.25) is 0 Å². The molecule has 1 heterocycles. The molecule has 8 heteroatoms. The second-order valence-corrected chi connectivity index (χ2v) is 4.86. The second kappa shape index (κ2) is 6.67. The van der Waals surface area contributed by atoms with E-state index in [1.807, 2.05) is 0 Å². The van der Waals surface area contributed by atoms with Gasteiger partial charge in [0.05, 0.1) is 0 Å². The Morgan fingerprint density at radius 1 is 1.36 bits per heavy atom. The van der Waals surface area contributed by atoms with E-state index in [9.17, 15) is 22.8 Å². The van der Waals surface area contributed by atoms with Crippen molar-refractivity contribution in [1.82, 2.24) is 5.32 Å². The number of nitrogens with zero attached hydrogens (tertiary/aromatic N) is 1. The monoisotopic (exact) mass is 316 g/mol. The minimum atomic E-state index is -4.55. The zero-order chi connectivity index (χ0) is 16.2. The number of benzene rings is 1. The van der Waals surface area contributed by atoms with Crippen LogP contribution in [0, 0.1) is 0 Å².